The summed E-state index contributed by atoms with van der Waals surface area (Å²) in [6.07, 6.45) is -0.498. The lowest BCUT2D eigenvalue weighted by atomic mass is 10.1. The molecule has 0 radical (unpaired) electrons. The van der Waals surface area contributed by atoms with E-state index in [-0.39, 0.29) is 29.7 Å². The number of aliphatic hydroxyl groups is 1. The third kappa shape index (κ3) is 2.53. The Bertz CT molecular complexity index is 739. The summed E-state index contributed by atoms with van der Waals surface area (Å²) in [6, 6.07) is 2.52. The third-order valence-corrected chi connectivity index (χ3v) is 2.86. The second-order valence-electron chi connectivity index (χ2n) is 4.23. The van der Waals surface area contributed by atoms with Gasteiger partial charge in [0.15, 0.2) is 11.2 Å². The van der Waals surface area contributed by atoms with Gasteiger partial charge in [0.2, 0.25) is 0 Å². The molecule has 20 heavy (non-hydrogen) atoms. The van der Waals surface area contributed by atoms with Crippen LogP contribution >= 0.6 is 0 Å². The summed E-state index contributed by atoms with van der Waals surface area (Å²) in [5, 5.41) is 17.6. The van der Waals surface area contributed by atoms with Crippen molar-refractivity contribution in [3.8, 4) is 0 Å². The first-order valence-electron chi connectivity index (χ1n) is 5.78. The van der Waals surface area contributed by atoms with Crippen LogP contribution in [-0.2, 0) is 17.8 Å². The number of aliphatic hydroxyl groups excluding tert-OH is 1. The zero-order valence-corrected chi connectivity index (χ0v) is 10.3. The second kappa shape index (κ2) is 5.38. The van der Waals surface area contributed by atoms with Gasteiger partial charge in [0.25, 0.3) is 0 Å². The highest BCUT2D eigenvalue weighted by molar-refractivity contribution is 5.81. The molecule has 0 aliphatic heterocycles. The number of hydrogen-bond acceptors (Lipinski definition) is 3. The number of halogens is 2. The van der Waals surface area contributed by atoms with Crippen molar-refractivity contribution >= 4 is 16.9 Å². The minimum atomic E-state index is -1.20. The van der Waals surface area contributed by atoms with Crippen molar-refractivity contribution in [3.63, 3.8) is 0 Å². The number of pyridine rings is 1. The van der Waals surface area contributed by atoms with E-state index >= 15 is 0 Å². The van der Waals surface area contributed by atoms with Crippen molar-refractivity contribution in [2.75, 3.05) is 6.61 Å². The second-order valence-corrected chi connectivity index (χ2v) is 4.23. The molecule has 0 amide bonds. The number of aliphatic carboxylic acids is 1. The SMILES string of the molecule is O=C(O)Cc1cc(=O)c2cc(F)cc(F)c2n1CCO. The number of fused-ring (bicyclic) bond motifs is 1. The number of carbonyl (C=O) groups is 1. The van der Waals surface area contributed by atoms with Gasteiger partial charge in [0.1, 0.15) is 5.82 Å². The van der Waals surface area contributed by atoms with Gasteiger partial charge in [-0.05, 0) is 6.07 Å². The summed E-state index contributed by atoms with van der Waals surface area (Å²) in [6.45, 7) is -0.469. The van der Waals surface area contributed by atoms with E-state index in [9.17, 15) is 18.4 Å². The first-order chi connectivity index (χ1) is 9.43. The Hall–Kier alpha value is -2.28. The molecule has 2 aromatic rings. The Morgan fingerprint density at radius 1 is 1.25 bits per heavy atom. The van der Waals surface area contributed by atoms with Crippen LogP contribution in [0.2, 0.25) is 0 Å². The monoisotopic (exact) mass is 283 g/mol. The fourth-order valence-corrected chi connectivity index (χ4v) is 2.14. The summed E-state index contributed by atoms with van der Waals surface area (Å²) in [7, 11) is 0. The summed E-state index contributed by atoms with van der Waals surface area (Å²) < 4.78 is 28.3. The van der Waals surface area contributed by atoms with Crippen LogP contribution in [0.1, 0.15) is 5.69 Å². The molecule has 7 heteroatoms. The molecule has 2 N–H and O–H groups in total. The minimum absolute atomic E-state index is 0.0505. The molecule has 0 saturated carbocycles. The Morgan fingerprint density at radius 3 is 2.55 bits per heavy atom. The molecule has 0 unspecified atom stereocenters. The molecule has 106 valence electrons. The predicted octanol–water partition coefficient (Wildman–Crippen LogP) is 0.899. The van der Waals surface area contributed by atoms with E-state index in [1.165, 1.54) is 4.57 Å². The van der Waals surface area contributed by atoms with E-state index in [1.54, 1.807) is 0 Å². The van der Waals surface area contributed by atoms with Crippen molar-refractivity contribution in [1.82, 2.24) is 4.57 Å². The molecule has 1 heterocycles. The molecular formula is C13H11F2NO4. The lowest BCUT2D eigenvalue weighted by Gasteiger charge is -2.15. The van der Waals surface area contributed by atoms with Crippen molar-refractivity contribution in [1.29, 1.82) is 0 Å². The molecule has 2 rings (SSSR count). The van der Waals surface area contributed by atoms with E-state index in [1.807, 2.05) is 0 Å². The number of benzene rings is 1. The maximum atomic E-state index is 13.9. The fourth-order valence-electron chi connectivity index (χ4n) is 2.14. The van der Waals surface area contributed by atoms with Gasteiger partial charge in [-0.2, -0.15) is 0 Å². The van der Waals surface area contributed by atoms with Crippen molar-refractivity contribution in [2.24, 2.45) is 0 Å². The fraction of sp³-hybridized carbons (Fsp3) is 0.231. The number of nitrogens with zero attached hydrogens (tertiary/aromatic N) is 1. The van der Waals surface area contributed by atoms with Gasteiger partial charge in [-0.25, -0.2) is 8.78 Å². The van der Waals surface area contributed by atoms with Gasteiger partial charge in [0.05, 0.1) is 23.9 Å². The van der Waals surface area contributed by atoms with Gasteiger partial charge < -0.3 is 14.8 Å². The van der Waals surface area contributed by atoms with Crippen LogP contribution < -0.4 is 5.43 Å². The number of aromatic nitrogens is 1. The summed E-state index contributed by atoms with van der Waals surface area (Å²) in [4.78, 5) is 22.6. The van der Waals surface area contributed by atoms with Gasteiger partial charge in [0, 0.05) is 24.4 Å². The van der Waals surface area contributed by atoms with Crippen LogP contribution in [0.4, 0.5) is 8.78 Å². The van der Waals surface area contributed by atoms with Gasteiger partial charge >= 0.3 is 5.97 Å². The molecule has 0 fully saturated rings. The Balaban J connectivity index is 2.86. The lowest BCUT2D eigenvalue weighted by Crippen LogP contribution is -2.19. The van der Waals surface area contributed by atoms with Crippen molar-refractivity contribution < 1.29 is 23.8 Å². The number of carboxylic acids is 1. The first kappa shape index (κ1) is 14.1. The van der Waals surface area contributed by atoms with E-state index < -0.39 is 29.5 Å². The Morgan fingerprint density at radius 2 is 1.95 bits per heavy atom. The van der Waals surface area contributed by atoms with Crippen LogP contribution in [0, 0.1) is 11.6 Å². The van der Waals surface area contributed by atoms with E-state index in [0.29, 0.717) is 6.07 Å². The molecule has 0 bridgehead atoms. The van der Waals surface area contributed by atoms with E-state index in [2.05, 4.69) is 0 Å². The molecule has 0 spiro atoms. The smallest absolute Gasteiger partial charge is 0.309 e. The largest absolute Gasteiger partial charge is 0.481 e. The summed E-state index contributed by atoms with van der Waals surface area (Å²) in [5.41, 5.74) is -0.817. The molecular weight excluding hydrogens is 272 g/mol. The van der Waals surface area contributed by atoms with Crippen LogP contribution in [0.25, 0.3) is 10.9 Å². The van der Waals surface area contributed by atoms with Crippen LogP contribution in [0.5, 0.6) is 0 Å². The molecule has 0 aliphatic carbocycles. The van der Waals surface area contributed by atoms with Crippen molar-refractivity contribution in [3.05, 3.63) is 45.8 Å². The average Bonchev–Trinajstić information content (AvgIpc) is 2.33. The topological polar surface area (TPSA) is 79.5 Å². The summed E-state index contributed by atoms with van der Waals surface area (Å²) >= 11 is 0. The molecule has 0 atom stereocenters. The molecule has 0 aliphatic rings. The van der Waals surface area contributed by atoms with Crippen molar-refractivity contribution in [2.45, 2.75) is 13.0 Å². The highest BCUT2D eigenvalue weighted by Gasteiger charge is 2.16. The zero-order valence-electron chi connectivity index (χ0n) is 10.3. The van der Waals surface area contributed by atoms with Crippen LogP contribution in [0.15, 0.2) is 23.0 Å². The predicted molar refractivity (Wildman–Crippen MR) is 66.5 cm³/mol. The number of rotatable bonds is 4. The third-order valence-electron chi connectivity index (χ3n) is 2.86. The van der Waals surface area contributed by atoms with Crippen LogP contribution in [-0.4, -0.2) is 27.4 Å². The highest BCUT2D eigenvalue weighted by atomic mass is 19.1. The number of carboxylic acid groups (broad SMARTS) is 1. The minimum Gasteiger partial charge on any atom is -0.481 e. The summed E-state index contributed by atoms with van der Waals surface area (Å²) in [5.74, 6) is -3.07. The molecule has 0 saturated heterocycles. The first-order valence-corrected chi connectivity index (χ1v) is 5.78. The van der Waals surface area contributed by atoms with Gasteiger partial charge in [-0.3, -0.25) is 9.59 Å². The maximum Gasteiger partial charge on any atom is 0.309 e. The maximum absolute atomic E-state index is 13.9. The quantitative estimate of drug-likeness (QED) is 0.873. The van der Waals surface area contributed by atoms with E-state index in [0.717, 1.165) is 12.1 Å². The average molecular weight is 283 g/mol. The molecule has 1 aromatic carbocycles. The normalized spacial score (nSPS) is 10.9. The molecule has 5 nitrogen and oxygen atoms in total. The van der Waals surface area contributed by atoms with Gasteiger partial charge in [-0.1, -0.05) is 0 Å². The lowest BCUT2D eigenvalue weighted by molar-refractivity contribution is -0.136. The number of hydrogen-bond donors (Lipinski definition) is 2. The van der Waals surface area contributed by atoms with E-state index in [4.69, 9.17) is 10.2 Å². The highest BCUT2D eigenvalue weighted by Crippen LogP contribution is 2.19. The van der Waals surface area contributed by atoms with Gasteiger partial charge in [-0.15, -0.1) is 0 Å². The van der Waals surface area contributed by atoms with Crippen LogP contribution in [0.3, 0.4) is 0 Å². The Labute approximate surface area is 111 Å². The standard InChI is InChI=1S/C13H11F2NO4/c14-7-3-9-11(18)5-8(6-12(19)20)16(1-2-17)13(9)10(15)4-7/h3-5,17H,1-2,6H2,(H,19,20). The molecule has 1 aromatic heterocycles. The zero-order chi connectivity index (χ0) is 14.9. The Kier molecular flexibility index (Phi) is 3.80.